The molecule has 70 valence electrons. The second-order valence-electron chi connectivity index (χ2n) is 2.55. The number of esters is 1. The zero-order chi connectivity index (χ0) is 9.84. The van der Waals surface area contributed by atoms with Gasteiger partial charge in [-0.05, 0) is 12.5 Å². The van der Waals surface area contributed by atoms with Crippen molar-refractivity contribution >= 4 is 5.97 Å². The van der Waals surface area contributed by atoms with Crippen LogP contribution in [0.4, 0.5) is 0 Å². The third-order valence-corrected chi connectivity index (χ3v) is 1.77. The van der Waals surface area contributed by atoms with Crippen LogP contribution in [0.1, 0.15) is 12.8 Å². The summed E-state index contributed by atoms with van der Waals surface area (Å²) < 4.78 is 4.42. The molecule has 0 saturated heterocycles. The minimum atomic E-state index is -0.650. The van der Waals surface area contributed by atoms with Crippen molar-refractivity contribution in [1.29, 1.82) is 0 Å². The third-order valence-electron chi connectivity index (χ3n) is 1.77. The van der Waals surface area contributed by atoms with Gasteiger partial charge in [0.05, 0.1) is 12.0 Å². The lowest BCUT2D eigenvalue weighted by Gasteiger charge is -2.06. The molecule has 1 rings (SSSR count). The van der Waals surface area contributed by atoms with Crippen LogP contribution >= 0.6 is 0 Å². The van der Waals surface area contributed by atoms with Gasteiger partial charge in [-0.25, -0.2) is 4.79 Å². The summed E-state index contributed by atoms with van der Waals surface area (Å²) in [5.74, 6) is -0.650. The van der Waals surface area contributed by atoms with Gasteiger partial charge in [-0.1, -0.05) is 6.08 Å². The van der Waals surface area contributed by atoms with Crippen molar-refractivity contribution in [2.24, 2.45) is 0 Å². The van der Waals surface area contributed by atoms with E-state index in [0.29, 0.717) is 6.42 Å². The lowest BCUT2D eigenvalue weighted by atomic mass is 10.0. The molecule has 0 aromatic heterocycles. The van der Waals surface area contributed by atoms with Crippen molar-refractivity contribution in [1.82, 2.24) is 0 Å². The maximum Gasteiger partial charge on any atom is 0.344 e. The molecule has 5 heteroatoms. The Morgan fingerprint density at radius 3 is 2.92 bits per heavy atom. The Morgan fingerprint density at radius 2 is 2.38 bits per heavy atom. The average Bonchev–Trinajstić information content (AvgIpc) is 2.16. The fraction of sp³-hybridized carbons (Fsp3) is 0.375. The smallest absolute Gasteiger partial charge is 0.344 e. The van der Waals surface area contributed by atoms with Gasteiger partial charge in [-0.15, -0.1) is 0 Å². The van der Waals surface area contributed by atoms with E-state index in [1.54, 1.807) is 6.08 Å². The Balaban J connectivity index is 3.04. The molecule has 0 saturated carbocycles. The molecule has 0 bridgehead atoms. The number of methoxy groups -OCH3 is 1. The van der Waals surface area contributed by atoms with Crippen LogP contribution in [0.15, 0.2) is 23.4 Å². The second-order valence-corrected chi connectivity index (χ2v) is 2.55. The molecule has 0 amide bonds. The van der Waals surface area contributed by atoms with Crippen molar-refractivity contribution in [3.63, 3.8) is 0 Å². The Bertz CT molecular complexity index is 303. The predicted octanol–water partition coefficient (Wildman–Crippen LogP) is 1.04. The minimum Gasteiger partial charge on any atom is -0.465 e. The van der Waals surface area contributed by atoms with E-state index in [4.69, 9.17) is 0 Å². The van der Waals surface area contributed by atoms with E-state index < -0.39 is 10.9 Å². The molecule has 0 atom stereocenters. The molecule has 0 radical (unpaired) electrons. The topological polar surface area (TPSA) is 69.4 Å². The maximum atomic E-state index is 11.0. The van der Waals surface area contributed by atoms with Crippen LogP contribution in [0, 0.1) is 10.1 Å². The number of nitro groups is 1. The Kier molecular flexibility index (Phi) is 2.79. The second kappa shape index (κ2) is 3.84. The van der Waals surface area contributed by atoms with E-state index in [-0.39, 0.29) is 17.7 Å². The van der Waals surface area contributed by atoms with Gasteiger partial charge in [-0.3, -0.25) is 10.1 Å². The van der Waals surface area contributed by atoms with Crippen LogP contribution in [0.2, 0.25) is 0 Å². The lowest BCUT2D eigenvalue weighted by molar-refractivity contribution is -0.428. The fourth-order valence-corrected chi connectivity index (χ4v) is 1.14. The highest BCUT2D eigenvalue weighted by molar-refractivity contribution is 5.92. The first-order valence-corrected chi connectivity index (χ1v) is 3.79. The van der Waals surface area contributed by atoms with Crippen molar-refractivity contribution in [3.05, 3.63) is 33.5 Å². The summed E-state index contributed by atoms with van der Waals surface area (Å²) in [6, 6.07) is 0. The zero-order valence-corrected chi connectivity index (χ0v) is 7.15. The number of ether oxygens (including phenoxy) is 1. The summed E-state index contributed by atoms with van der Waals surface area (Å²) in [6.45, 7) is 0. The van der Waals surface area contributed by atoms with E-state index in [1.807, 2.05) is 0 Å². The van der Waals surface area contributed by atoms with Gasteiger partial charge in [-0.2, -0.15) is 0 Å². The largest absolute Gasteiger partial charge is 0.465 e. The lowest BCUT2D eigenvalue weighted by Crippen LogP contribution is -2.13. The molecule has 0 heterocycles. The van der Waals surface area contributed by atoms with Gasteiger partial charge in [0.1, 0.15) is 5.57 Å². The SMILES string of the molecule is COC(=O)C1=C([N+](=O)[O-])CCC=C1. The third kappa shape index (κ3) is 1.93. The summed E-state index contributed by atoms with van der Waals surface area (Å²) in [5, 5.41) is 10.5. The normalized spacial score (nSPS) is 15.8. The molecule has 0 aromatic carbocycles. The summed E-state index contributed by atoms with van der Waals surface area (Å²) in [4.78, 5) is 21.0. The molecular formula is C8H9NO4. The molecule has 0 aromatic rings. The number of allylic oxidation sites excluding steroid dienone is 2. The number of carbonyl (C=O) groups is 1. The molecule has 0 spiro atoms. The van der Waals surface area contributed by atoms with Gasteiger partial charge in [0, 0.05) is 6.42 Å². The first kappa shape index (κ1) is 9.44. The molecule has 0 N–H and O–H groups in total. The summed E-state index contributed by atoms with van der Waals surface area (Å²) in [5.41, 5.74) is -0.00639. The summed E-state index contributed by atoms with van der Waals surface area (Å²) in [7, 11) is 1.20. The van der Waals surface area contributed by atoms with Crippen molar-refractivity contribution in [2.75, 3.05) is 7.11 Å². The van der Waals surface area contributed by atoms with Gasteiger partial charge in [0.25, 0.3) is 5.70 Å². The zero-order valence-electron chi connectivity index (χ0n) is 7.15. The van der Waals surface area contributed by atoms with E-state index in [9.17, 15) is 14.9 Å². The summed E-state index contributed by atoms with van der Waals surface area (Å²) >= 11 is 0. The molecule has 0 aliphatic heterocycles. The molecular weight excluding hydrogens is 174 g/mol. The highest BCUT2D eigenvalue weighted by Gasteiger charge is 2.24. The van der Waals surface area contributed by atoms with Crippen LogP contribution in [-0.4, -0.2) is 18.0 Å². The average molecular weight is 183 g/mol. The quantitative estimate of drug-likeness (QED) is 0.364. The van der Waals surface area contributed by atoms with E-state index >= 15 is 0 Å². The monoisotopic (exact) mass is 183 g/mol. The van der Waals surface area contributed by atoms with Crippen molar-refractivity contribution < 1.29 is 14.5 Å². The van der Waals surface area contributed by atoms with Gasteiger partial charge in [0.2, 0.25) is 0 Å². The van der Waals surface area contributed by atoms with Gasteiger partial charge >= 0.3 is 5.97 Å². The van der Waals surface area contributed by atoms with Crippen LogP contribution in [-0.2, 0) is 9.53 Å². The van der Waals surface area contributed by atoms with Crippen LogP contribution < -0.4 is 0 Å². The number of carbonyl (C=O) groups excluding carboxylic acids is 1. The molecule has 5 nitrogen and oxygen atoms in total. The molecule has 1 aliphatic rings. The predicted molar refractivity (Wildman–Crippen MR) is 44.4 cm³/mol. The molecule has 0 unspecified atom stereocenters. The first-order chi connectivity index (χ1) is 6.16. The highest BCUT2D eigenvalue weighted by Crippen LogP contribution is 2.19. The van der Waals surface area contributed by atoms with E-state index in [2.05, 4.69) is 4.74 Å². The van der Waals surface area contributed by atoms with Crippen LogP contribution in [0.3, 0.4) is 0 Å². The van der Waals surface area contributed by atoms with Crippen LogP contribution in [0.5, 0.6) is 0 Å². The standard InChI is InChI=1S/C8H9NO4/c1-13-8(10)6-4-2-3-5-7(6)9(11)12/h2,4H,3,5H2,1H3. The highest BCUT2D eigenvalue weighted by atomic mass is 16.6. The first-order valence-electron chi connectivity index (χ1n) is 3.79. The fourth-order valence-electron chi connectivity index (χ4n) is 1.14. The number of rotatable bonds is 2. The Morgan fingerprint density at radius 1 is 1.69 bits per heavy atom. The van der Waals surface area contributed by atoms with Gasteiger partial charge < -0.3 is 4.74 Å². The molecule has 1 aliphatic carbocycles. The summed E-state index contributed by atoms with van der Waals surface area (Å²) in [6.07, 6.45) is 4.04. The van der Waals surface area contributed by atoms with Crippen LogP contribution in [0.25, 0.3) is 0 Å². The Hall–Kier alpha value is -1.65. The number of hydrogen-bond donors (Lipinski definition) is 0. The number of hydrogen-bond acceptors (Lipinski definition) is 4. The minimum absolute atomic E-state index is 0.0544. The molecule has 13 heavy (non-hydrogen) atoms. The van der Waals surface area contributed by atoms with E-state index in [1.165, 1.54) is 13.2 Å². The molecule has 0 fully saturated rings. The van der Waals surface area contributed by atoms with E-state index in [0.717, 1.165) is 0 Å². The Labute approximate surface area is 74.8 Å². The van der Waals surface area contributed by atoms with Crippen molar-refractivity contribution in [2.45, 2.75) is 12.8 Å². The van der Waals surface area contributed by atoms with Gasteiger partial charge in [0.15, 0.2) is 0 Å². The van der Waals surface area contributed by atoms with Crippen molar-refractivity contribution in [3.8, 4) is 0 Å². The number of nitrogens with zero attached hydrogens (tertiary/aromatic N) is 1. The maximum absolute atomic E-state index is 11.0.